The number of aromatic nitrogens is 1. The summed E-state index contributed by atoms with van der Waals surface area (Å²) in [5, 5.41) is 3.78. The first kappa shape index (κ1) is 44.7. The average molecular weight is 891 g/mol. The average Bonchev–Trinajstić information content (AvgIpc) is 3.69. The molecule has 0 spiro atoms. The first-order valence-corrected chi connectivity index (χ1v) is 22.3. The molecule has 0 radical (unpaired) electrons. The molecule has 0 atom stereocenters. The Morgan fingerprint density at radius 1 is 0.935 bits per heavy atom. The maximum absolute atomic E-state index is 14.2. The number of allylic oxidation sites excluding steroid dienone is 1. The number of hydrogen-bond donors (Lipinski definition) is 3. The van der Waals surface area contributed by atoms with Gasteiger partial charge in [0, 0.05) is 79.6 Å². The quantitative estimate of drug-likeness (QED) is 0.107. The number of anilines is 2. The fourth-order valence-electron chi connectivity index (χ4n) is 7.91. The fraction of sp³-hybridized carbons (Fsp3) is 0.348. The zero-order chi connectivity index (χ0) is 44.4. The van der Waals surface area contributed by atoms with E-state index in [-0.39, 0.29) is 23.1 Å². The molecule has 2 heterocycles. The van der Waals surface area contributed by atoms with E-state index in [2.05, 4.69) is 46.1 Å². The highest BCUT2D eigenvalue weighted by Gasteiger charge is 2.36. The van der Waals surface area contributed by atoms with Gasteiger partial charge in [0.15, 0.2) is 0 Å². The largest absolute Gasteiger partial charge is 0.456 e. The van der Waals surface area contributed by atoms with Gasteiger partial charge >= 0.3 is 6.18 Å². The summed E-state index contributed by atoms with van der Waals surface area (Å²) in [6, 6.07) is 22.2. The van der Waals surface area contributed by atoms with E-state index in [0.717, 1.165) is 67.6 Å². The second kappa shape index (κ2) is 18.2. The van der Waals surface area contributed by atoms with Crippen LogP contribution < -0.4 is 19.7 Å². The number of amides is 2. The summed E-state index contributed by atoms with van der Waals surface area (Å²) in [5.74, 6) is -1.34. The van der Waals surface area contributed by atoms with Crippen LogP contribution in [-0.4, -0.2) is 88.4 Å². The number of nitrogens with zero attached hydrogens (tertiary/aromatic N) is 3. The van der Waals surface area contributed by atoms with Gasteiger partial charge in [-0.1, -0.05) is 43.2 Å². The molecule has 2 amide bonds. The SMILES string of the molecule is CN(C)CCC(=O)Nc1ccc(S(=O)(=O)NC(=O)c2ccc(N3CCN(CC4=C(c5ccc(Cl)cc5)CC(C)(C)CC4)CC3)cc2Oc2ccc3[nH]ccc3c2)cc1C(F)(F)F. The van der Waals surface area contributed by atoms with Gasteiger partial charge in [0.05, 0.1) is 21.7 Å². The molecule has 11 nitrogen and oxygen atoms in total. The molecule has 16 heteroatoms. The van der Waals surface area contributed by atoms with E-state index in [0.29, 0.717) is 36.5 Å². The lowest BCUT2D eigenvalue weighted by molar-refractivity contribution is -0.137. The van der Waals surface area contributed by atoms with Gasteiger partial charge in [0.2, 0.25) is 5.91 Å². The summed E-state index contributed by atoms with van der Waals surface area (Å²) in [6.45, 7) is 8.68. The van der Waals surface area contributed by atoms with Gasteiger partial charge in [-0.2, -0.15) is 13.2 Å². The Morgan fingerprint density at radius 3 is 2.39 bits per heavy atom. The normalized spacial score (nSPS) is 16.2. The van der Waals surface area contributed by atoms with Crippen molar-refractivity contribution in [2.24, 2.45) is 5.41 Å². The minimum atomic E-state index is -5.02. The van der Waals surface area contributed by atoms with E-state index in [9.17, 15) is 31.2 Å². The van der Waals surface area contributed by atoms with E-state index in [1.54, 1.807) is 49.5 Å². The molecule has 0 saturated carbocycles. The number of carbonyl (C=O) groups is 2. The topological polar surface area (TPSA) is 127 Å². The zero-order valence-electron chi connectivity index (χ0n) is 35.0. The van der Waals surface area contributed by atoms with Crippen molar-refractivity contribution >= 4 is 61.3 Å². The number of hydrogen-bond acceptors (Lipinski definition) is 8. The molecule has 7 rings (SSSR count). The van der Waals surface area contributed by atoms with Crippen LogP contribution in [-0.2, 0) is 21.0 Å². The maximum Gasteiger partial charge on any atom is 0.418 e. The van der Waals surface area contributed by atoms with Crippen molar-refractivity contribution in [3.8, 4) is 11.5 Å². The van der Waals surface area contributed by atoms with Gasteiger partial charge in [-0.3, -0.25) is 14.5 Å². The van der Waals surface area contributed by atoms with Gasteiger partial charge in [0.1, 0.15) is 11.5 Å². The van der Waals surface area contributed by atoms with Crippen LogP contribution in [0.3, 0.4) is 0 Å². The van der Waals surface area contributed by atoms with Crippen molar-refractivity contribution in [3.63, 3.8) is 0 Å². The van der Waals surface area contributed by atoms with Gasteiger partial charge < -0.3 is 24.8 Å². The first-order chi connectivity index (χ1) is 29.3. The molecule has 4 aromatic carbocycles. The smallest absolute Gasteiger partial charge is 0.418 e. The molecule has 328 valence electrons. The highest BCUT2D eigenvalue weighted by atomic mass is 35.5. The van der Waals surface area contributed by atoms with E-state index in [1.807, 2.05) is 29.0 Å². The summed E-state index contributed by atoms with van der Waals surface area (Å²) in [6.07, 6.45) is -0.209. The van der Waals surface area contributed by atoms with Gasteiger partial charge in [-0.05, 0) is 117 Å². The Balaban J connectivity index is 1.11. The Kier molecular flexibility index (Phi) is 13.1. The summed E-state index contributed by atoms with van der Waals surface area (Å²) >= 11 is 6.22. The van der Waals surface area contributed by atoms with Crippen molar-refractivity contribution in [2.75, 3.05) is 63.6 Å². The standard InChI is InChI=1S/C46H50ClF3N6O5S/c1-45(2)18-15-32(38(28-45)30-5-7-33(47)8-6-30)29-55-21-23-56(24-22-55)34-9-12-37(42(26-34)61-35-10-13-40-31(25-35)16-19-51-40)44(58)53-62(59,60)36-11-14-41(39(27-36)46(48,49)50)52-43(57)17-20-54(3)4/h5-14,16,19,25-27,51H,15,17-18,20-24,28-29H2,1-4H3,(H,52,57)(H,53,58). The molecule has 1 fully saturated rings. The summed E-state index contributed by atoms with van der Waals surface area (Å²) in [7, 11) is -1.42. The van der Waals surface area contributed by atoms with Gasteiger partial charge in [0.25, 0.3) is 15.9 Å². The number of rotatable bonds is 13. The van der Waals surface area contributed by atoms with Crippen molar-refractivity contribution in [1.82, 2.24) is 19.5 Å². The molecule has 3 N–H and O–H groups in total. The van der Waals surface area contributed by atoms with E-state index in [1.165, 1.54) is 22.8 Å². The third-order valence-electron chi connectivity index (χ3n) is 11.4. The highest BCUT2D eigenvalue weighted by Crippen LogP contribution is 2.44. The zero-order valence-corrected chi connectivity index (χ0v) is 36.6. The summed E-state index contributed by atoms with van der Waals surface area (Å²) in [4.78, 5) is 34.9. The van der Waals surface area contributed by atoms with Crippen LogP contribution in [0.5, 0.6) is 11.5 Å². The molecule has 5 aromatic rings. The van der Waals surface area contributed by atoms with Crippen LogP contribution in [0.2, 0.25) is 5.02 Å². The predicted octanol–water partition coefficient (Wildman–Crippen LogP) is 9.43. The Morgan fingerprint density at radius 2 is 1.68 bits per heavy atom. The molecule has 1 saturated heterocycles. The lowest BCUT2D eigenvalue weighted by Crippen LogP contribution is -2.47. The number of carbonyl (C=O) groups excluding carboxylic acids is 2. The van der Waals surface area contributed by atoms with Crippen molar-refractivity contribution in [3.05, 3.63) is 118 Å². The molecule has 0 unspecified atom stereocenters. The highest BCUT2D eigenvalue weighted by molar-refractivity contribution is 7.90. The predicted molar refractivity (Wildman–Crippen MR) is 237 cm³/mol. The van der Waals surface area contributed by atoms with Crippen LogP contribution in [0.15, 0.2) is 102 Å². The number of piperazine rings is 1. The third-order valence-corrected chi connectivity index (χ3v) is 13.0. The van der Waals surface area contributed by atoms with Crippen LogP contribution >= 0.6 is 11.6 Å². The number of benzene rings is 4. The Labute approximate surface area is 364 Å². The molecule has 1 aliphatic carbocycles. The summed E-state index contributed by atoms with van der Waals surface area (Å²) in [5.41, 5.74) is 3.72. The number of ether oxygens (including phenoxy) is 1. The Bertz CT molecular complexity index is 2600. The lowest BCUT2D eigenvalue weighted by Gasteiger charge is -2.39. The number of nitrogens with one attached hydrogen (secondary N) is 3. The van der Waals surface area contributed by atoms with Gasteiger partial charge in [-0.25, -0.2) is 13.1 Å². The van der Waals surface area contributed by atoms with Crippen LogP contribution in [0, 0.1) is 5.41 Å². The lowest BCUT2D eigenvalue weighted by atomic mass is 9.72. The molecule has 62 heavy (non-hydrogen) atoms. The minimum absolute atomic E-state index is 0.0573. The first-order valence-electron chi connectivity index (χ1n) is 20.4. The van der Waals surface area contributed by atoms with E-state index < -0.39 is 44.2 Å². The monoisotopic (exact) mass is 890 g/mol. The van der Waals surface area contributed by atoms with Crippen LogP contribution in [0.1, 0.15) is 61.0 Å². The molecule has 1 aliphatic heterocycles. The minimum Gasteiger partial charge on any atom is -0.456 e. The molecular weight excluding hydrogens is 841 g/mol. The van der Waals surface area contributed by atoms with Crippen molar-refractivity contribution in [2.45, 2.75) is 50.6 Å². The number of aromatic amines is 1. The second-order valence-corrected chi connectivity index (χ2v) is 19.1. The summed E-state index contributed by atoms with van der Waals surface area (Å²) < 4.78 is 78.0. The number of fused-ring (bicyclic) bond motifs is 1. The van der Waals surface area contributed by atoms with Crippen molar-refractivity contribution in [1.29, 1.82) is 0 Å². The van der Waals surface area contributed by atoms with Crippen LogP contribution in [0.4, 0.5) is 24.5 Å². The van der Waals surface area contributed by atoms with Crippen LogP contribution in [0.25, 0.3) is 16.5 Å². The maximum atomic E-state index is 14.2. The third kappa shape index (κ3) is 10.8. The van der Waals surface area contributed by atoms with E-state index >= 15 is 0 Å². The number of sulfonamides is 1. The molecule has 1 aromatic heterocycles. The second-order valence-electron chi connectivity index (χ2n) is 16.9. The Hall–Kier alpha value is -5.35. The molecule has 2 aliphatic rings. The van der Waals surface area contributed by atoms with Gasteiger partial charge in [-0.15, -0.1) is 0 Å². The van der Waals surface area contributed by atoms with E-state index in [4.69, 9.17) is 16.3 Å². The molecular formula is C46H50ClF3N6O5S. The number of halogens is 4. The number of H-pyrrole nitrogens is 1. The number of alkyl halides is 3. The van der Waals surface area contributed by atoms with Crippen molar-refractivity contribution < 1.29 is 35.9 Å². The molecule has 0 bridgehead atoms. The fourth-order valence-corrected chi connectivity index (χ4v) is 9.03.